The van der Waals surface area contributed by atoms with Crippen LogP contribution >= 0.6 is 0 Å². The number of aromatic amines is 1. The first-order valence-electron chi connectivity index (χ1n) is 13.6. The molecule has 4 nitrogen and oxygen atoms in total. The van der Waals surface area contributed by atoms with Gasteiger partial charge in [-0.25, -0.2) is 9.37 Å². The van der Waals surface area contributed by atoms with Gasteiger partial charge in [0.1, 0.15) is 11.6 Å². The average Bonchev–Trinajstić information content (AvgIpc) is 3.30. The third-order valence-corrected chi connectivity index (χ3v) is 7.95. The van der Waals surface area contributed by atoms with Crippen molar-refractivity contribution in [1.29, 1.82) is 0 Å². The van der Waals surface area contributed by atoms with Gasteiger partial charge in [-0.3, -0.25) is 4.90 Å². The molecule has 37 heavy (non-hydrogen) atoms. The third kappa shape index (κ3) is 5.94. The van der Waals surface area contributed by atoms with Gasteiger partial charge in [-0.15, -0.1) is 0 Å². The number of aryl methyl sites for hydroxylation is 2. The Morgan fingerprint density at radius 2 is 1.84 bits per heavy atom. The number of hydrogen-bond acceptors (Lipinski definition) is 3. The van der Waals surface area contributed by atoms with Gasteiger partial charge >= 0.3 is 0 Å². The predicted octanol–water partition coefficient (Wildman–Crippen LogP) is 6.64. The lowest BCUT2D eigenvalue weighted by molar-refractivity contribution is -0.0319. The summed E-state index contributed by atoms with van der Waals surface area (Å²) in [6, 6.07) is 23.8. The van der Waals surface area contributed by atoms with Crippen LogP contribution in [0.3, 0.4) is 0 Å². The summed E-state index contributed by atoms with van der Waals surface area (Å²) in [7, 11) is 0. The third-order valence-electron chi connectivity index (χ3n) is 7.95. The molecular formula is C32H38FN3O. The van der Waals surface area contributed by atoms with Crippen LogP contribution in [0.2, 0.25) is 0 Å². The summed E-state index contributed by atoms with van der Waals surface area (Å²) < 4.78 is 13.9. The van der Waals surface area contributed by atoms with Crippen molar-refractivity contribution in [2.24, 2.45) is 5.92 Å². The summed E-state index contributed by atoms with van der Waals surface area (Å²) >= 11 is 0. The molecule has 0 amide bonds. The fourth-order valence-electron chi connectivity index (χ4n) is 6.21. The Hall–Kier alpha value is -3.02. The van der Waals surface area contributed by atoms with E-state index in [0.29, 0.717) is 12.8 Å². The maximum absolute atomic E-state index is 13.9. The Morgan fingerprint density at radius 3 is 2.62 bits per heavy atom. The molecule has 0 spiro atoms. The number of nitrogens with zero attached hydrogens (tertiary/aromatic N) is 2. The maximum Gasteiger partial charge on any atom is 0.123 e. The lowest BCUT2D eigenvalue weighted by Gasteiger charge is -2.44. The zero-order valence-electron chi connectivity index (χ0n) is 22.0. The van der Waals surface area contributed by atoms with Crippen LogP contribution in [-0.4, -0.2) is 38.7 Å². The van der Waals surface area contributed by atoms with Crippen LogP contribution < -0.4 is 0 Å². The molecule has 1 aromatic heterocycles. The highest BCUT2D eigenvalue weighted by Crippen LogP contribution is 2.45. The first kappa shape index (κ1) is 25.6. The maximum atomic E-state index is 13.9. The smallest absolute Gasteiger partial charge is 0.123 e. The summed E-state index contributed by atoms with van der Waals surface area (Å²) in [4.78, 5) is 10.6. The number of H-pyrrole nitrogens is 1. The highest BCUT2D eigenvalue weighted by Gasteiger charge is 2.43. The van der Waals surface area contributed by atoms with Crippen LogP contribution in [0.15, 0.2) is 72.8 Å². The van der Waals surface area contributed by atoms with Gasteiger partial charge in [0.2, 0.25) is 0 Å². The molecule has 5 heteroatoms. The molecule has 5 rings (SSSR count). The first-order chi connectivity index (χ1) is 17.9. The summed E-state index contributed by atoms with van der Waals surface area (Å²) in [6.45, 7) is 6.93. The molecule has 0 aliphatic heterocycles. The van der Waals surface area contributed by atoms with Crippen molar-refractivity contribution >= 4 is 11.0 Å². The number of para-hydroxylation sites is 2. The van der Waals surface area contributed by atoms with Gasteiger partial charge in [0.05, 0.1) is 16.6 Å². The number of rotatable bonds is 10. The zero-order valence-corrected chi connectivity index (χ0v) is 22.0. The van der Waals surface area contributed by atoms with E-state index in [-0.39, 0.29) is 17.7 Å². The van der Waals surface area contributed by atoms with Gasteiger partial charge in [-0.2, -0.15) is 0 Å². The number of imidazole rings is 1. The standard InChI is InChI=1S/C32H38FN3O/c1-23(2)31-27-15-14-26(33)21-25(27)16-17-32(31,37)18-20-36(22-24-9-4-3-5-10-24)19-8-13-30-34-28-11-6-7-12-29(28)35-30/h3-7,9-12,14-15,21,23,31,37H,8,13,16-20,22H2,1-2H3,(H,34,35). The number of hydrogen-bond donors (Lipinski definition) is 2. The molecule has 4 aromatic rings. The molecule has 3 aromatic carbocycles. The zero-order chi connectivity index (χ0) is 25.8. The molecule has 0 fully saturated rings. The van der Waals surface area contributed by atoms with Gasteiger partial charge in [0.25, 0.3) is 0 Å². The minimum absolute atomic E-state index is 0.00553. The van der Waals surface area contributed by atoms with Crippen LogP contribution in [-0.2, 0) is 19.4 Å². The summed E-state index contributed by atoms with van der Waals surface area (Å²) in [5, 5.41) is 12.0. The molecular weight excluding hydrogens is 461 g/mol. The van der Waals surface area contributed by atoms with Gasteiger partial charge in [-0.05, 0) is 79.1 Å². The van der Waals surface area contributed by atoms with Crippen molar-refractivity contribution in [1.82, 2.24) is 14.9 Å². The Balaban J connectivity index is 1.28. The predicted molar refractivity (Wildman–Crippen MR) is 148 cm³/mol. The number of aliphatic hydroxyl groups is 1. The van der Waals surface area contributed by atoms with Gasteiger partial charge in [0.15, 0.2) is 0 Å². The minimum Gasteiger partial charge on any atom is -0.389 e. The molecule has 2 N–H and O–H groups in total. The number of nitrogens with one attached hydrogen (secondary N) is 1. The average molecular weight is 500 g/mol. The van der Waals surface area contributed by atoms with E-state index in [1.165, 1.54) is 5.56 Å². The summed E-state index contributed by atoms with van der Waals surface area (Å²) in [5.41, 5.74) is 4.74. The van der Waals surface area contributed by atoms with E-state index in [9.17, 15) is 9.50 Å². The van der Waals surface area contributed by atoms with Crippen LogP contribution in [0.4, 0.5) is 4.39 Å². The topological polar surface area (TPSA) is 52.1 Å². The lowest BCUT2D eigenvalue weighted by Crippen LogP contribution is -2.45. The SMILES string of the molecule is CC(C)C1c2ccc(F)cc2CCC1(O)CCN(CCCc1nc2ccccc2[nH]1)Cc1ccccc1. The van der Waals surface area contributed by atoms with Crippen molar-refractivity contribution in [2.75, 3.05) is 13.1 Å². The highest BCUT2D eigenvalue weighted by atomic mass is 19.1. The van der Waals surface area contributed by atoms with Crippen molar-refractivity contribution in [3.05, 3.63) is 101 Å². The van der Waals surface area contributed by atoms with Gasteiger partial charge in [-0.1, -0.05) is 62.4 Å². The van der Waals surface area contributed by atoms with E-state index in [4.69, 9.17) is 4.98 Å². The quantitative estimate of drug-likeness (QED) is 0.257. The Kier molecular flexibility index (Phi) is 7.73. The van der Waals surface area contributed by atoms with Crippen molar-refractivity contribution in [3.8, 4) is 0 Å². The van der Waals surface area contributed by atoms with E-state index in [2.05, 4.69) is 54.1 Å². The highest BCUT2D eigenvalue weighted by molar-refractivity contribution is 5.74. The number of halogens is 1. The lowest BCUT2D eigenvalue weighted by atomic mass is 9.66. The Morgan fingerprint density at radius 1 is 1.05 bits per heavy atom. The number of benzene rings is 3. The van der Waals surface area contributed by atoms with Crippen LogP contribution in [0.1, 0.15) is 61.5 Å². The molecule has 2 unspecified atom stereocenters. The summed E-state index contributed by atoms with van der Waals surface area (Å²) in [5.74, 6) is 1.11. The van der Waals surface area contributed by atoms with Crippen molar-refractivity contribution < 1.29 is 9.50 Å². The molecule has 1 heterocycles. The second-order valence-electron chi connectivity index (χ2n) is 11.0. The monoisotopic (exact) mass is 499 g/mol. The van der Waals surface area contributed by atoms with Crippen molar-refractivity contribution in [2.45, 2.75) is 64.0 Å². The van der Waals surface area contributed by atoms with Crippen LogP contribution in [0, 0.1) is 11.7 Å². The molecule has 0 bridgehead atoms. The second kappa shape index (κ2) is 11.2. The molecule has 0 saturated carbocycles. The van der Waals surface area contributed by atoms with Crippen LogP contribution in [0.25, 0.3) is 11.0 Å². The van der Waals surface area contributed by atoms with E-state index in [1.54, 1.807) is 12.1 Å². The van der Waals surface area contributed by atoms with E-state index in [1.807, 2.05) is 30.3 Å². The van der Waals surface area contributed by atoms with Crippen molar-refractivity contribution in [3.63, 3.8) is 0 Å². The fraction of sp³-hybridized carbons (Fsp3) is 0.406. The molecule has 0 radical (unpaired) electrons. The largest absolute Gasteiger partial charge is 0.389 e. The number of aromatic nitrogens is 2. The molecule has 0 saturated heterocycles. The molecule has 194 valence electrons. The summed E-state index contributed by atoms with van der Waals surface area (Å²) in [6.07, 6.45) is 3.96. The fourth-order valence-corrected chi connectivity index (χ4v) is 6.21. The number of fused-ring (bicyclic) bond motifs is 2. The normalized spacial score (nSPS) is 19.6. The van der Waals surface area contributed by atoms with E-state index < -0.39 is 5.60 Å². The molecule has 2 atom stereocenters. The molecule has 1 aliphatic rings. The van der Waals surface area contributed by atoms with Gasteiger partial charge < -0.3 is 10.1 Å². The van der Waals surface area contributed by atoms with Crippen LogP contribution in [0.5, 0.6) is 0 Å². The Bertz CT molecular complexity index is 1290. The van der Waals surface area contributed by atoms with E-state index >= 15 is 0 Å². The van der Waals surface area contributed by atoms with Gasteiger partial charge in [0, 0.05) is 25.4 Å². The first-order valence-corrected chi connectivity index (χ1v) is 13.6. The Labute approximate surface area is 219 Å². The van der Waals surface area contributed by atoms with E-state index in [0.717, 1.165) is 66.9 Å². The molecule has 1 aliphatic carbocycles. The minimum atomic E-state index is -0.799. The second-order valence-corrected chi connectivity index (χ2v) is 11.0.